The van der Waals surface area contributed by atoms with Crippen LogP contribution in [0.2, 0.25) is 0 Å². The molecule has 1 aromatic rings. The van der Waals surface area contributed by atoms with E-state index in [1.54, 1.807) is 30.2 Å². The molecule has 0 saturated carbocycles. The minimum atomic E-state index is -0.841. The standard InChI is InChI=1S/C13H19N3O3/c1-3-10(6-13(18)19)7-14-12(17)5-4-11-8-15-16(2)9-11/h4-5,8-10H,3,6-7H2,1-2H3,(H,14,17)(H,18,19)/b5-4+. The van der Waals surface area contributed by atoms with Crippen molar-refractivity contribution in [3.05, 3.63) is 24.0 Å². The van der Waals surface area contributed by atoms with Crippen molar-refractivity contribution < 1.29 is 14.7 Å². The number of nitrogens with one attached hydrogen (secondary N) is 1. The van der Waals surface area contributed by atoms with Crippen molar-refractivity contribution in [2.75, 3.05) is 6.54 Å². The summed E-state index contributed by atoms with van der Waals surface area (Å²) in [6.07, 6.45) is 7.33. The lowest BCUT2D eigenvalue weighted by Gasteiger charge is -2.12. The largest absolute Gasteiger partial charge is 0.481 e. The van der Waals surface area contributed by atoms with Gasteiger partial charge in [0.15, 0.2) is 0 Å². The van der Waals surface area contributed by atoms with E-state index in [0.717, 1.165) is 12.0 Å². The molecule has 104 valence electrons. The number of carbonyl (C=O) groups excluding carboxylic acids is 1. The number of aromatic nitrogens is 2. The predicted molar refractivity (Wildman–Crippen MR) is 71.3 cm³/mol. The molecule has 0 saturated heterocycles. The highest BCUT2D eigenvalue weighted by Crippen LogP contribution is 2.06. The summed E-state index contributed by atoms with van der Waals surface area (Å²) in [4.78, 5) is 22.1. The van der Waals surface area contributed by atoms with Crippen LogP contribution in [-0.2, 0) is 16.6 Å². The van der Waals surface area contributed by atoms with Crippen molar-refractivity contribution in [1.82, 2.24) is 15.1 Å². The Bertz CT molecular complexity index is 465. The molecule has 2 N–H and O–H groups in total. The minimum absolute atomic E-state index is 0.0340. The Morgan fingerprint density at radius 3 is 2.84 bits per heavy atom. The van der Waals surface area contributed by atoms with Gasteiger partial charge >= 0.3 is 5.97 Å². The maximum Gasteiger partial charge on any atom is 0.303 e. The summed E-state index contributed by atoms with van der Waals surface area (Å²) in [5, 5.41) is 15.4. The van der Waals surface area contributed by atoms with Crippen molar-refractivity contribution in [2.24, 2.45) is 13.0 Å². The molecular weight excluding hydrogens is 246 g/mol. The van der Waals surface area contributed by atoms with Crippen LogP contribution in [0.15, 0.2) is 18.5 Å². The number of carbonyl (C=O) groups is 2. The molecule has 0 aromatic carbocycles. The number of hydrogen-bond donors (Lipinski definition) is 2. The molecular formula is C13H19N3O3. The summed E-state index contributed by atoms with van der Waals surface area (Å²) in [5.74, 6) is -1.10. The molecule has 1 aromatic heterocycles. The molecule has 6 heteroatoms. The third kappa shape index (κ3) is 5.85. The summed E-state index contributed by atoms with van der Waals surface area (Å²) in [6, 6.07) is 0. The molecule has 0 spiro atoms. The van der Waals surface area contributed by atoms with Gasteiger partial charge in [-0.15, -0.1) is 0 Å². The number of hydrogen-bond acceptors (Lipinski definition) is 3. The van der Waals surface area contributed by atoms with Gasteiger partial charge in [0.1, 0.15) is 0 Å². The van der Waals surface area contributed by atoms with Crippen LogP contribution in [0, 0.1) is 5.92 Å². The van der Waals surface area contributed by atoms with Crippen LogP contribution in [0.25, 0.3) is 6.08 Å². The van der Waals surface area contributed by atoms with Crippen LogP contribution in [0.5, 0.6) is 0 Å². The Labute approximate surface area is 112 Å². The van der Waals surface area contributed by atoms with Crippen LogP contribution >= 0.6 is 0 Å². The Balaban J connectivity index is 2.38. The highest BCUT2D eigenvalue weighted by atomic mass is 16.4. The molecule has 1 atom stereocenters. The molecule has 0 fully saturated rings. The number of rotatable bonds is 7. The fourth-order valence-corrected chi connectivity index (χ4v) is 1.61. The van der Waals surface area contributed by atoms with E-state index in [-0.39, 0.29) is 18.2 Å². The van der Waals surface area contributed by atoms with Crippen LogP contribution in [0.3, 0.4) is 0 Å². The molecule has 1 heterocycles. The van der Waals surface area contributed by atoms with Crippen LogP contribution in [0.4, 0.5) is 0 Å². The van der Waals surface area contributed by atoms with Crippen molar-refractivity contribution in [2.45, 2.75) is 19.8 Å². The van der Waals surface area contributed by atoms with E-state index in [2.05, 4.69) is 10.4 Å². The van der Waals surface area contributed by atoms with E-state index >= 15 is 0 Å². The molecule has 19 heavy (non-hydrogen) atoms. The summed E-state index contributed by atoms with van der Waals surface area (Å²) >= 11 is 0. The van der Waals surface area contributed by atoms with E-state index in [1.165, 1.54) is 6.08 Å². The van der Waals surface area contributed by atoms with Crippen LogP contribution < -0.4 is 5.32 Å². The van der Waals surface area contributed by atoms with Gasteiger partial charge in [-0.1, -0.05) is 13.3 Å². The lowest BCUT2D eigenvalue weighted by Crippen LogP contribution is -2.28. The first kappa shape index (κ1) is 14.9. The number of aliphatic carboxylic acids is 1. The fraction of sp³-hybridized carbons (Fsp3) is 0.462. The summed E-state index contributed by atoms with van der Waals surface area (Å²) < 4.78 is 1.65. The van der Waals surface area contributed by atoms with Gasteiger partial charge < -0.3 is 10.4 Å². The number of amides is 1. The van der Waals surface area contributed by atoms with Gasteiger partial charge in [0, 0.05) is 37.8 Å². The van der Waals surface area contributed by atoms with E-state index in [9.17, 15) is 9.59 Å². The average Bonchev–Trinajstić information content (AvgIpc) is 2.77. The molecule has 6 nitrogen and oxygen atoms in total. The summed E-state index contributed by atoms with van der Waals surface area (Å²) in [5.41, 5.74) is 0.843. The van der Waals surface area contributed by atoms with Gasteiger partial charge in [0.2, 0.25) is 5.91 Å². The van der Waals surface area contributed by atoms with E-state index < -0.39 is 5.97 Å². The first-order valence-corrected chi connectivity index (χ1v) is 6.17. The maximum absolute atomic E-state index is 11.6. The highest BCUT2D eigenvalue weighted by molar-refractivity contribution is 5.91. The number of nitrogens with zero attached hydrogens (tertiary/aromatic N) is 2. The second-order valence-corrected chi connectivity index (χ2v) is 4.40. The Morgan fingerprint density at radius 1 is 1.58 bits per heavy atom. The topological polar surface area (TPSA) is 84.2 Å². The van der Waals surface area contributed by atoms with Crippen molar-refractivity contribution in [1.29, 1.82) is 0 Å². The van der Waals surface area contributed by atoms with Crippen LogP contribution in [0.1, 0.15) is 25.3 Å². The molecule has 0 aliphatic rings. The third-order valence-electron chi connectivity index (χ3n) is 2.76. The Hall–Kier alpha value is -2.11. The normalized spacial score (nSPS) is 12.5. The molecule has 0 aliphatic heterocycles. The molecule has 1 unspecified atom stereocenters. The van der Waals surface area contributed by atoms with Gasteiger partial charge in [-0.2, -0.15) is 5.10 Å². The smallest absolute Gasteiger partial charge is 0.303 e. The Kier molecular flexibility index (Phi) is 5.78. The third-order valence-corrected chi connectivity index (χ3v) is 2.76. The van der Waals surface area contributed by atoms with Gasteiger partial charge in [0.05, 0.1) is 6.20 Å². The number of aryl methyl sites for hydroxylation is 1. The van der Waals surface area contributed by atoms with Gasteiger partial charge in [-0.3, -0.25) is 14.3 Å². The molecule has 0 bridgehead atoms. The monoisotopic (exact) mass is 265 g/mol. The van der Waals surface area contributed by atoms with Crippen molar-refractivity contribution in [3.8, 4) is 0 Å². The second kappa shape index (κ2) is 7.35. The molecule has 1 amide bonds. The quantitative estimate of drug-likeness (QED) is 0.722. The zero-order chi connectivity index (χ0) is 14.3. The highest BCUT2D eigenvalue weighted by Gasteiger charge is 2.11. The molecule has 0 aliphatic carbocycles. The summed E-state index contributed by atoms with van der Waals surface area (Å²) in [6.45, 7) is 2.28. The number of carboxylic acid groups (broad SMARTS) is 1. The second-order valence-electron chi connectivity index (χ2n) is 4.40. The Morgan fingerprint density at radius 2 is 2.32 bits per heavy atom. The van der Waals surface area contributed by atoms with Crippen molar-refractivity contribution in [3.63, 3.8) is 0 Å². The molecule has 0 radical (unpaired) electrons. The van der Waals surface area contributed by atoms with Crippen LogP contribution in [-0.4, -0.2) is 33.3 Å². The van der Waals surface area contributed by atoms with Gasteiger partial charge in [0.25, 0.3) is 0 Å². The lowest BCUT2D eigenvalue weighted by atomic mass is 10.0. The first-order chi connectivity index (χ1) is 9.01. The summed E-state index contributed by atoms with van der Waals surface area (Å²) in [7, 11) is 1.80. The van der Waals surface area contributed by atoms with Crippen molar-refractivity contribution >= 4 is 18.0 Å². The van der Waals surface area contributed by atoms with Gasteiger partial charge in [-0.25, -0.2) is 0 Å². The maximum atomic E-state index is 11.6. The van der Waals surface area contributed by atoms with Gasteiger partial charge in [-0.05, 0) is 12.0 Å². The fourth-order valence-electron chi connectivity index (χ4n) is 1.61. The predicted octanol–water partition coefficient (Wildman–Crippen LogP) is 1.05. The van der Waals surface area contributed by atoms with E-state index in [4.69, 9.17) is 5.11 Å². The molecule has 1 rings (SSSR count). The van der Waals surface area contributed by atoms with E-state index in [1.807, 2.05) is 6.92 Å². The van der Waals surface area contributed by atoms with E-state index in [0.29, 0.717) is 6.54 Å². The number of carboxylic acids is 1. The lowest BCUT2D eigenvalue weighted by molar-refractivity contribution is -0.138. The zero-order valence-corrected chi connectivity index (χ0v) is 11.2. The zero-order valence-electron chi connectivity index (χ0n) is 11.2. The minimum Gasteiger partial charge on any atom is -0.481 e. The SMILES string of the molecule is CCC(CNC(=O)/C=C/c1cnn(C)c1)CC(=O)O. The average molecular weight is 265 g/mol. The first-order valence-electron chi connectivity index (χ1n) is 6.17.